The molecule has 6 heteroatoms. The smallest absolute Gasteiger partial charge is 0.258 e. The van der Waals surface area contributed by atoms with E-state index < -0.39 is 0 Å². The van der Waals surface area contributed by atoms with Gasteiger partial charge in [-0.15, -0.1) is 0 Å². The van der Waals surface area contributed by atoms with E-state index in [-0.39, 0.29) is 5.91 Å². The van der Waals surface area contributed by atoms with Crippen LogP contribution in [0.1, 0.15) is 33.0 Å². The molecule has 0 aliphatic heterocycles. The SMILES string of the molecule is Cc1cc(C(=O)Nc2n[nH]c(C)c2C)c(C)nn1. The van der Waals surface area contributed by atoms with Crippen molar-refractivity contribution in [1.29, 1.82) is 0 Å². The van der Waals surface area contributed by atoms with Crippen molar-refractivity contribution in [3.8, 4) is 0 Å². The third kappa shape index (κ3) is 2.22. The van der Waals surface area contributed by atoms with E-state index in [4.69, 9.17) is 0 Å². The molecule has 0 aromatic carbocycles. The maximum Gasteiger partial charge on any atom is 0.258 e. The Balaban J connectivity index is 2.27. The van der Waals surface area contributed by atoms with Crippen molar-refractivity contribution in [2.24, 2.45) is 0 Å². The van der Waals surface area contributed by atoms with Crippen molar-refractivity contribution in [3.05, 3.63) is 34.3 Å². The van der Waals surface area contributed by atoms with E-state index in [1.165, 1.54) is 0 Å². The van der Waals surface area contributed by atoms with Gasteiger partial charge in [0, 0.05) is 11.3 Å². The van der Waals surface area contributed by atoms with E-state index >= 15 is 0 Å². The molecule has 0 bridgehead atoms. The zero-order chi connectivity index (χ0) is 13.3. The van der Waals surface area contributed by atoms with Crippen LogP contribution < -0.4 is 5.32 Å². The largest absolute Gasteiger partial charge is 0.305 e. The topological polar surface area (TPSA) is 83.6 Å². The van der Waals surface area contributed by atoms with Gasteiger partial charge in [-0.2, -0.15) is 15.3 Å². The van der Waals surface area contributed by atoms with Gasteiger partial charge in [0.25, 0.3) is 5.91 Å². The molecule has 18 heavy (non-hydrogen) atoms. The number of aryl methyl sites for hydroxylation is 3. The molecular weight excluding hydrogens is 230 g/mol. The number of rotatable bonds is 2. The molecule has 0 radical (unpaired) electrons. The van der Waals surface area contributed by atoms with Gasteiger partial charge in [-0.3, -0.25) is 9.89 Å². The lowest BCUT2D eigenvalue weighted by atomic mass is 10.2. The number of H-pyrrole nitrogens is 1. The molecule has 0 unspecified atom stereocenters. The summed E-state index contributed by atoms with van der Waals surface area (Å²) in [6.07, 6.45) is 0. The summed E-state index contributed by atoms with van der Waals surface area (Å²) < 4.78 is 0. The summed E-state index contributed by atoms with van der Waals surface area (Å²) in [4.78, 5) is 12.1. The quantitative estimate of drug-likeness (QED) is 0.843. The minimum absolute atomic E-state index is 0.222. The summed E-state index contributed by atoms with van der Waals surface area (Å²) in [5.74, 6) is 0.325. The molecule has 0 saturated heterocycles. The van der Waals surface area contributed by atoms with Gasteiger partial charge in [0.05, 0.1) is 17.0 Å². The average molecular weight is 245 g/mol. The van der Waals surface area contributed by atoms with E-state index in [2.05, 4.69) is 25.7 Å². The molecule has 0 aliphatic carbocycles. The first-order chi connectivity index (χ1) is 8.49. The number of nitrogens with zero attached hydrogens (tertiary/aromatic N) is 3. The van der Waals surface area contributed by atoms with Gasteiger partial charge in [-0.1, -0.05) is 0 Å². The van der Waals surface area contributed by atoms with Crippen molar-refractivity contribution in [3.63, 3.8) is 0 Å². The van der Waals surface area contributed by atoms with Gasteiger partial charge in [0.15, 0.2) is 5.82 Å². The first-order valence-corrected chi connectivity index (χ1v) is 5.63. The summed E-state index contributed by atoms with van der Waals surface area (Å²) in [7, 11) is 0. The molecule has 2 N–H and O–H groups in total. The summed E-state index contributed by atoms with van der Waals surface area (Å²) in [5.41, 5.74) is 3.69. The number of carbonyl (C=O) groups is 1. The molecule has 94 valence electrons. The normalized spacial score (nSPS) is 10.4. The fourth-order valence-electron chi connectivity index (χ4n) is 1.56. The Morgan fingerprint density at radius 1 is 1.22 bits per heavy atom. The molecular formula is C12H15N5O. The standard InChI is InChI=1S/C12H15N5O/c1-6-5-10(9(4)16-14-6)12(18)13-11-7(2)8(3)15-17-11/h5H,1-4H3,(H2,13,15,17,18). The van der Waals surface area contributed by atoms with Crippen LogP contribution in [0, 0.1) is 27.7 Å². The molecule has 0 saturated carbocycles. The lowest BCUT2D eigenvalue weighted by Gasteiger charge is -2.05. The molecule has 2 aromatic heterocycles. The maximum absolute atomic E-state index is 12.1. The lowest BCUT2D eigenvalue weighted by molar-refractivity contribution is 0.102. The van der Waals surface area contributed by atoms with Crippen LogP contribution in [0.4, 0.5) is 5.82 Å². The van der Waals surface area contributed by atoms with Crippen LogP contribution in [0.5, 0.6) is 0 Å². The minimum Gasteiger partial charge on any atom is -0.305 e. The van der Waals surface area contributed by atoms with Gasteiger partial charge in [0.2, 0.25) is 0 Å². The van der Waals surface area contributed by atoms with Crippen molar-refractivity contribution in [2.45, 2.75) is 27.7 Å². The van der Waals surface area contributed by atoms with Crippen molar-refractivity contribution >= 4 is 11.7 Å². The first kappa shape index (κ1) is 12.2. The lowest BCUT2D eigenvalue weighted by Crippen LogP contribution is -2.16. The number of hydrogen-bond acceptors (Lipinski definition) is 4. The van der Waals surface area contributed by atoms with Crippen LogP contribution in [-0.2, 0) is 0 Å². The van der Waals surface area contributed by atoms with E-state index in [1.807, 2.05) is 13.8 Å². The Morgan fingerprint density at radius 3 is 2.56 bits per heavy atom. The summed E-state index contributed by atoms with van der Waals surface area (Å²) >= 11 is 0. The minimum atomic E-state index is -0.222. The fraction of sp³-hybridized carbons (Fsp3) is 0.333. The second kappa shape index (κ2) is 4.56. The number of carbonyl (C=O) groups excluding carboxylic acids is 1. The first-order valence-electron chi connectivity index (χ1n) is 5.63. The van der Waals surface area contributed by atoms with Crippen molar-refractivity contribution < 1.29 is 4.79 Å². The van der Waals surface area contributed by atoms with Crippen LogP contribution in [-0.4, -0.2) is 26.3 Å². The second-order valence-electron chi connectivity index (χ2n) is 4.26. The van der Waals surface area contributed by atoms with E-state index in [0.29, 0.717) is 22.8 Å². The van der Waals surface area contributed by atoms with E-state index in [9.17, 15) is 4.79 Å². The monoisotopic (exact) mass is 245 g/mol. The Hall–Kier alpha value is -2.24. The highest BCUT2D eigenvalue weighted by molar-refractivity contribution is 6.04. The Bertz CT molecular complexity index is 603. The molecule has 2 heterocycles. The Labute approximate surface area is 105 Å². The number of anilines is 1. The number of amides is 1. The number of hydrogen-bond donors (Lipinski definition) is 2. The number of aromatic amines is 1. The average Bonchev–Trinajstić information content (AvgIpc) is 2.64. The summed E-state index contributed by atoms with van der Waals surface area (Å²) in [6.45, 7) is 7.36. The molecule has 2 rings (SSSR count). The zero-order valence-electron chi connectivity index (χ0n) is 10.8. The molecule has 0 spiro atoms. The Kier molecular flexibility index (Phi) is 3.10. The van der Waals surface area contributed by atoms with E-state index in [0.717, 1.165) is 11.3 Å². The van der Waals surface area contributed by atoms with Crippen LogP contribution >= 0.6 is 0 Å². The third-order valence-electron chi connectivity index (χ3n) is 2.83. The number of nitrogens with one attached hydrogen (secondary N) is 2. The molecule has 0 atom stereocenters. The van der Waals surface area contributed by atoms with Gasteiger partial charge >= 0.3 is 0 Å². The predicted molar refractivity (Wildman–Crippen MR) is 67.5 cm³/mol. The highest BCUT2D eigenvalue weighted by Crippen LogP contribution is 2.15. The van der Waals surface area contributed by atoms with Gasteiger partial charge < -0.3 is 5.32 Å². The highest BCUT2D eigenvalue weighted by Gasteiger charge is 2.14. The molecule has 2 aromatic rings. The highest BCUT2D eigenvalue weighted by atomic mass is 16.1. The third-order valence-corrected chi connectivity index (χ3v) is 2.83. The molecule has 0 fully saturated rings. The maximum atomic E-state index is 12.1. The van der Waals surface area contributed by atoms with Crippen molar-refractivity contribution in [2.75, 3.05) is 5.32 Å². The van der Waals surface area contributed by atoms with Crippen LogP contribution in [0.3, 0.4) is 0 Å². The molecule has 6 nitrogen and oxygen atoms in total. The summed E-state index contributed by atoms with van der Waals surface area (Å²) in [6, 6.07) is 1.71. The van der Waals surface area contributed by atoms with Crippen molar-refractivity contribution in [1.82, 2.24) is 20.4 Å². The fourth-order valence-corrected chi connectivity index (χ4v) is 1.56. The Morgan fingerprint density at radius 2 is 1.94 bits per heavy atom. The molecule has 1 amide bonds. The van der Waals surface area contributed by atoms with Gasteiger partial charge in [-0.05, 0) is 33.8 Å². The summed E-state index contributed by atoms with van der Waals surface area (Å²) in [5, 5.41) is 17.5. The van der Waals surface area contributed by atoms with Crippen LogP contribution in [0.25, 0.3) is 0 Å². The van der Waals surface area contributed by atoms with E-state index in [1.54, 1.807) is 19.9 Å². The zero-order valence-corrected chi connectivity index (χ0v) is 10.8. The predicted octanol–water partition coefficient (Wildman–Crippen LogP) is 1.69. The number of aromatic nitrogens is 4. The second-order valence-corrected chi connectivity index (χ2v) is 4.26. The van der Waals surface area contributed by atoms with Crippen LogP contribution in [0.2, 0.25) is 0 Å². The van der Waals surface area contributed by atoms with Crippen LogP contribution in [0.15, 0.2) is 6.07 Å². The molecule has 0 aliphatic rings. The van der Waals surface area contributed by atoms with Gasteiger partial charge in [-0.25, -0.2) is 0 Å². The van der Waals surface area contributed by atoms with Gasteiger partial charge in [0.1, 0.15) is 0 Å².